The topological polar surface area (TPSA) is 159 Å². The number of nitrogens with zero attached hydrogens (tertiary/aromatic N) is 3. The highest BCUT2D eigenvalue weighted by Gasteiger charge is 2.52. The number of anilines is 1. The van der Waals surface area contributed by atoms with Crippen molar-refractivity contribution in [3.63, 3.8) is 0 Å². The Labute approximate surface area is 322 Å². The second-order valence-electron chi connectivity index (χ2n) is 15.6. The van der Waals surface area contributed by atoms with Crippen LogP contribution in [0.15, 0.2) is 90.0 Å². The monoisotopic (exact) mass is 769 g/mol. The Morgan fingerprint density at radius 1 is 0.945 bits per heavy atom. The van der Waals surface area contributed by atoms with E-state index in [9.17, 15) is 14.7 Å². The minimum absolute atomic E-state index is 0.0233. The molecule has 1 aliphatic heterocycles. The third-order valence-corrected chi connectivity index (χ3v) is 15.1. The molecule has 2 unspecified atom stereocenters. The number of hydrogen-bond donors (Lipinski definition) is 3. The number of amides is 1. The van der Waals surface area contributed by atoms with Gasteiger partial charge in [-0.3, -0.25) is 24.5 Å². The Kier molecular flexibility index (Phi) is 11.4. The van der Waals surface area contributed by atoms with Crippen LogP contribution >= 0.6 is 0 Å². The highest BCUT2D eigenvalue weighted by atomic mass is 28.4. The molecule has 1 fully saturated rings. The zero-order chi connectivity index (χ0) is 39.7. The van der Waals surface area contributed by atoms with Gasteiger partial charge in [-0.25, -0.2) is 4.98 Å². The molecule has 0 radical (unpaired) electrons. The van der Waals surface area contributed by atoms with Crippen LogP contribution in [0.2, 0.25) is 18.1 Å². The number of methoxy groups -OCH3 is 2. The van der Waals surface area contributed by atoms with Crippen molar-refractivity contribution in [3.8, 4) is 11.5 Å². The van der Waals surface area contributed by atoms with Crippen LogP contribution in [0.5, 0.6) is 11.5 Å². The molecule has 1 saturated heterocycles. The number of imidazole rings is 1. The zero-order valence-corrected chi connectivity index (χ0v) is 33.8. The molecule has 2 aromatic heterocycles. The van der Waals surface area contributed by atoms with E-state index in [0.717, 1.165) is 16.7 Å². The van der Waals surface area contributed by atoms with E-state index in [1.54, 1.807) is 32.6 Å². The van der Waals surface area contributed by atoms with Gasteiger partial charge in [0, 0.05) is 5.92 Å². The molecule has 1 amide bonds. The first-order valence-electron chi connectivity index (χ1n) is 18.4. The number of H-pyrrole nitrogens is 1. The van der Waals surface area contributed by atoms with Crippen molar-refractivity contribution >= 4 is 31.3 Å². The first-order valence-corrected chi connectivity index (χ1v) is 21.3. The summed E-state index contributed by atoms with van der Waals surface area (Å²) in [6.07, 6.45) is -2.47. The minimum atomic E-state index is -2.54. The van der Waals surface area contributed by atoms with Crippen LogP contribution in [0.1, 0.15) is 57.5 Å². The molecule has 55 heavy (non-hydrogen) atoms. The molecule has 3 aromatic carbocycles. The number of benzene rings is 3. The van der Waals surface area contributed by atoms with Crippen LogP contribution in [0, 0.1) is 5.92 Å². The first-order chi connectivity index (χ1) is 26.1. The van der Waals surface area contributed by atoms with Gasteiger partial charge >= 0.3 is 0 Å². The van der Waals surface area contributed by atoms with Crippen LogP contribution < -0.4 is 20.3 Å². The van der Waals surface area contributed by atoms with E-state index in [1.807, 2.05) is 78.9 Å². The van der Waals surface area contributed by atoms with Gasteiger partial charge < -0.3 is 28.5 Å². The highest BCUT2D eigenvalue weighted by Crippen LogP contribution is 2.45. The third kappa shape index (κ3) is 7.82. The van der Waals surface area contributed by atoms with E-state index >= 15 is 0 Å². The van der Waals surface area contributed by atoms with Crippen LogP contribution in [0.4, 0.5) is 5.95 Å². The predicted molar refractivity (Wildman–Crippen MR) is 212 cm³/mol. The summed E-state index contributed by atoms with van der Waals surface area (Å²) in [4.78, 5) is 37.3. The van der Waals surface area contributed by atoms with Crippen molar-refractivity contribution in [1.82, 2.24) is 19.5 Å². The quantitative estimate of drug-likeness (QED) is 0.0906. The van der Waals surface area contributed by atoms with E-state index in [-0.39, 0.29) is 40.6 Å². The van der Waals surface area contributed by atoms with E-state index < -0.39 is 44.0 Å². The predicted octanol–water partition coefficient (Wildman–Crippen LogP) is 6.39. The summed E-state index contributed by atoms with van der Waals surface area (Å²) in [5, 5.41) is 14.7. The third-order valence-electron chi connectivity index (χ3n) is 10.7. The largest absolute Gasteiger partial charge is 0.497 e. The molecule has 1 aliphatic rings. The molecule has 0 spiro atoms. The molecule has 14 heteroatoms. The van der Waals surface area contributed by atoms with Crippen molar-refractivity contribution in [3.05, 3.63) is 112 Å². The number of rotatable bonds is 13. The SMILES string of the molecule is COc1ccc(C(OC[C@H]2O[C@@H](n3cnc4c(=O)[nH]c(NC(=O)C(C)C)nc43)C(O[Si](C)(C)C(C)(C)C)C2O)(c2ccccc2)c2ccc(OC)cc2)cc1. The maximum absolute atomic E-state index is 13.2. The number of ether oxygens (including phenoxy) is 4. The molecule has 0 aliphatic carbocycles. The number of carbonyl (C=O) groups is 1. The minimum Gasteiger partial charge on any atom is -0.497 e. The number of aromatic amines is 1. The lowest BCUT2D eigenvalue weighted by Gasteiger charge is -2.40. The van der Waals surface area contributed by atoms with Crippen molar-refractivity contribution < 1.29 is 33.3 Å². The Balaban J connectivity index is 1.44. The summed E-state index contributed by atoms with van der Waals surface area (Å²) in [5.41, 5.74) is 1.01. The van der Waals surface area contributed by atoms with Crippen molar-refractivity contribution in [1.29, 1.82) is 0 Å². The second-order valence-corrected chi connectivity index (χ2v) is 20.4. The maximum Gasteiger partial charge on any atom is 0.280 e. The lowest BCUT2D eigenvalue weighted by atomic mass is 9.80. The van der Waals surface area contributed by atoms with E-state index in [4.69, 9.17) is 23.4 Å². The van der Waals surface area contributed by atoms with Crippen LogP contribution in [-0.2, 0) is 24.3 Å². The summed E-state index contributed by atoms with van der Waals surface area (Å²) in [7, 11) is 0.701. The number of aliphatic hydroxyl groups is 1. The van der Waals surface area contributed by atoms with Crippen LogP contribution in [0.25, 0.3) is 11.2 Å². The fourth-order valence-corrected chi connectivity index (χ4v) is 7.73. The average molecular weight is 770 g/mol. The molecule has 13 nitrogen and oxygen atoms in total. The van der Waals surface area contributed by atoms with E-state index in [2.05, 4.69) is 54.1 Å². The van der Waals surface area contributed by atoms with Gasteiger partial charge in [0.25, 0.3) is 5.56 Å². The van der Waals surface area contributed by atoms with Gasteiger partial charge in [0.05, 0.1) is 27.2 Å². The first kappa shape index (κ1) is 39.8. The Morgan fingerprint density at radius 2 is 1.51 bits per heavy atom. The molecular weight excluding hydrogens is 719 g/mol. The number of nitrogens with one attached hydrogen (secondary N) is 2. The molecule has 3 heterocycles. The molecule has 3 N–H and O–H groups in total. The van der Waals surface area contributed by atoms with Crippen LogP contribution in [0.3, 0.4) is 0 Å². The summed E-state index contributed by atoms with van der Waals surface area (Å²) < 4.78 is 33.4. The highest BCUT2D eigenvalue weighted by molar-refractivity contribution is 6.74. The Morgan fingerprint density at radius 3 is 2.04 bits per heavy atom. The summed E-state index contributed by atoms with van der Waals surface area (Å²) in [6.45, 7) is 14.0. The van der Waals surface area contributed by atoms with Crippen molar-refractivity contribution in [2.45, 2.75) is 82.9 Å². The Bertz CT molecular complexity index is 2100. The number of aromatic nitrogens is 4. The second kappa shape index (κ2) is 15.7. The lowest BCUT2D eigenvalue weighted by molar-refractivity contribution is -0.118. The molecular formula is C41H51N5O8Si. The van der Waals surface area contributed by atoms with Gasteiger partial charge in [-0.15, -0.1) is 0 Å². The summed E-state index contributed by atoms with van der Waals surface area (Å²) >= 11 is 0. The zero-order valence-electron chi connectivity index (χ0n) is 32.8. The van der Waals surface area contributed by atoms with Gasteiger partial charge in [0.1, 0.15) is 35.4 Å². The van der Waals surface area contributed by atoms with Crippen molar-refractivity contribution in [2.75, 3.05) is 26.1 Å². The van der Waals surface area contributed by atoms with Gasteiger partial charge in [0.15, 0.2) is 25.7 Å². The molecule has 292 valence electrons. The van der Waals surface area contributed by atoms with Gasteiger partial charge in [-0.1, -0.05) is 89.2 Å². The normalized spacial score (nSPS) is 19.2. The van der Waals surface area contributed by atoms with E-state index in [1.165, 1.54) is 6.33 Å². The fraction of sp³-hybridized carbons (Fsp3) is 0.415. The van der Waals surface area contributed by atoms with Gasteiger partial charge in [-0.2, -0.15) is 4.98 Å². The smallest absolute Gasteiger partial charge is 0.280 e. The summed E-state index contributed by atoms with van der Waals surface area (Å²) in [6, 6.07) is 25.3. The number of carbonyl (C=O) groups excluding carboxylic acids is 1. The number of aliphatic hydroxyl groups excluding tert-OH is 1. The lowest BCUT2D eigenvalue weighted by Crippen LogP contribution is -2.49. The number of hydrogen-bond acceptors (Lipinski definition) is 10. The molecule has 0 bridgehead atoms. The van der Waals surface area contributed by atoms with Gasteiger partial charge in [0.2, 0.25) is 11.9 Å². The maximum atomic E-state index is 13.2. The van der Waals surface area contributed by atoms with Crippen LogP contribution in [-0.4, -0.2) is 78.0 Å². The van der Waals surface area contributed by atoms with Crippen molar-refractivity contribution in [2.24, 2.45) is 5.92 Å². The Hall–Kier alpha value is -4.86. The van der Waals surface area contributed by atoms with E-state index in [0.29, 0.717) is 11.5 Å². The summed E-state index contributed by atoms with van der Waals surface area (Å²) in [5.74, 6) is 0.699. The standard InChI is InChI=1S/C41H51N5O8Si/c1-25(2)36(48)44-39-43-35-32(37(49)45-39)42-24-46(35)38-34(54-55(8,9)40(3,4)5)33(47)31(53-38)23-52-41(26-13-11-10-12-14-26,27-15-19-29(50-6)20-16-27)28-17-21-30(51-7)22-18-28/h10-22,24-25,31,33-34,38,47H,23H2,1-9H3,(H2,43,44,45,48,49)/t31-,33?,34?,38-/m1/s1. The molecule has 4 atom stereocenters. The molecule has 5 aromatic rings. The van der Waals surface area contributed by atoms with Gasteiger partial charge in [-0.05, 0) is 59.1 Å². The average Bonchev–Trinajstić information content (AvgIpc) is 3.72. The fourth-order valence-electron chi connectivity index (χ4n) is 6.44. The number of fused-ring (bicyclic) bond motifs is 1. The molecule has 0 saturated carbocycles. The molecule has 6 rings (SSSR count).